The standard InChI is InChI=1S/C10H5Cl4NO3/c11-6-1-2-8-5(3-6)4-7(15(16)17)9(18-8)10(12,13)14/h1-4,9H. The van der Waals surface area contributed by atoms with Crippen LogP contribution in [0.2, 0.25) is 5.02 Å². The van der Waals surface area contributed by atoms with Crippen molar-refractivity contribution in [3.05, 3.63) is 44.6 Å². The van der Waals surface area contributed by atoms with E-state index in [1.54, 1.807) is 12.1 Å². The summed E-state index contributed by atoms with van der Waals surface area (Å²) < 4.78 is 3.43. The molecule has 1 unspecified atom stereocenters. The molecular weight excluding hydrogens is 324 g/mol. The van der Waals surface area contributed by atoms with Crippen LogP contribution in [-0.2, 0) is 0 Å². The number of nitro groups is 1. The summed E-state index contributed by atoms with van der Waals surface area (Å²) in [6, 6.07) is 4.68. The number of ether oxygens (including phenoxy) is 1. The third-order valence-electron chi connectivity index (χ3n) is 2.30. The minimum Gasteiger partial charge on any atom is -0.474 e. The zero-order valence-corrected chi connectivity index (χ0v) is 11.6. The van der Waals surface area contributed by atoms with Gasteiger partial charge < -0.3 is 4.74 Å². The maximum atomic E-state index is 11.0. The molecule has 8 heteroatoms. The van der Waals surface area contributed by atoms with Crippen LogP contribution in [0.25, 0.3) is 6.08 Å². The topological polar surface area (TPSA) is 52.4 Å². The van der Waals surface area contributed by atoms with Crippen molar-refractivity contribution in [3.8, 4) is 5.75 Å². The van der Waals surface area contributed by atoms with Gasteiger partial charge in [0, 0.05) is 16.7 Å². The van der Waals surface area contributed by atoms with Crippen molar-refractivity contribution < 1.29 is 9.66 Å². The molecule has 2 rings (SSSR count). The molecule has 96 valence electrons. The average Bonchev–Trinajstić information content (AvgIpc) is 2.25. The monoisotopic (exact) mass is 327 g/mol. The number of nitrogens with zero attached hydrogens (tertiary/aromatic N) is 1. The molecule has 0 saturated heterocycles. The summed E-state index contributed by atoms with van der Waals surface area (Å²) in [6.07, 6.45) is 0.0169. The zero-order chi connectivity index (χ0) is 13.5. The van der Waals surface area contributed by atoms with Gasteiger partial charge in [0.2, 0.25) is 9.90 Å². The van der Waals surface area contributed by atoms with E-state index in [-0.39, 0.29) is 5.70 Å². The van der Waals surface area contributed by atoms with Gasteiger partial charge in [0.1, 0.15) is 5.75 Å². The van der Waals surface area contributed by atoms with Crippen molar-refractivity contribution in [2.24, 2.45) is 0 Å². The highest BCUT2D eigenvalue weighted by Crippen LogP contribution is 2.41. The summed E-state index contributed by atoms with van der Waals surface area (Å²) in [7, 11) is 0. The van der Waals surface area contributed by atoms with Crippen LogP contribution in [0.3, 0.4) is 0 Å². The van der Waals surface area contributed by atoms with Gasteiger partial charge in [-0.3, -0.25) is 10.1 Å². The molecule has 1 heterocycles. The second kappa shape index (κ2) is 4.78. The van der Waals surface area contributed by atoms with E-state index in [0.29, 0.717) is 16.3 Å². The molecule has 1 aromatic rings. The molecule has 0 spiro atoms. The van der Waals surface area contributed by atoms with E-state index in [1.165, 1.54) is 12.1 Å². The maximum absolute atomic E-state index is 11.0. The molecule has 0 fully saturated rings. The molecule has 18 heavy (non-hydrogen) atoms. The molecule has 0 radical (unpaired) electrons. The molecule has 1 atom stereocenters. The van der Waals surface area contributed by atoms with Gasteiger partial charge in [0.25, 0.3) is 5.70 Å². The molecule has 0 aliphatic carbocycles. The average molecular weight is 329 g/mol. The van der Waals surface area contributed by atoms with E-state index in [9.17, 15) is 10.1 Å². The SMILES string of the molecule is O=[N+]([O-])C1=Cc2cc(Cl)ccc2OC1C(Cl)(Cl)Cl. The molecule has 1 aromatic carbocycles. The van der Waals surface area contributed by atoms with Crippen LogP contribution in [0, 0.1) is 10.1 Å². The van der Waals surface area contributed by atoms with Crippen molar-refractivity contribution in [1.29, 1.82) is 0 Å². The fourth-order valence-corrected chi connectivity index (χ4v) is 2.19. The minimum absolute atomic E-state index is 0.329. The lowest BCUT2D eigenvalue weighted by atomic mass is 10.1. The first kappa shape index (κ1) is 13.7. The first-order valence-electron chi connectivity index (χ1n) is 4.68. The fourth-order valence-electron chi connectivity index (χ4n) is 1.54. The number of hydrogen-bond acceptors (Lipinski definition) is 3. The van der Waals surface area contributed by atoms with Gasteiger partial charge >= 0.3 is 0 Å². The van der Waals surface area contributed by atoms with E-state index < -0.39 is 14.8 Å². The van der Waals surface area contributed by atoms with Crippen molar-refractivity contribution in [3.63, 3.8) is 0 Å². The highest BCUT2D eigenvalue weighted by atomic mass is 35.6. The number of fused-ring (bicyclic) bond motifs is 1. The Morgan fingerprint density at radius 3 is 2.56 bits per heavy atom. The summed E-state index contributed by atoms with van der Waals surface area (Å²) in [6.45, 7) is 0. The van der Waals surface area contributed by atoms with Gasteiger partial charge in [0.15, 0.2) is 0 Å². The lowest BCUT2D eigenvalue weighted by Gasteiger charge is -2.27. The third kappa shape index (κ3) is 2.67. The summed E-state index contributed by atoms with van der Waals surface area (Å²) in [4.78, 5) is 10.3. The first-order chi connectivity index (χ1) is 8.29. The van der Waals surface area contributed by atoms with Crippen molar-refractivity contribution in [2.75, 3.05) is 0 Å². The van der Waals surface area contributed by atoms with Crippen LogP contribution in [0.15, 0.2) is 23.9 Å². The number of halogens is 4. The van der Waals surface area contributed by atoms with Crippen LogP contribution in [-0.4, -0.2) is 14.8 Å². The largest absolute Gasteiger partial charge is 0.474 e. The smallest absolute Gasteiger partial charge is 0.291 e. The molecular formula is C10H5Cl4NO3. The molecule has 1 aliphatic rings. The van der Waals surface area contributed by atoms with Crippen molar-refractivity contribution in [2.45, 2.75) is 9.90 Å². The lowest BCUT2D eigenvalue weighted by molar-refractivity contribution is -0.433. The van der Waals surface area contributed by atoms with E-state index in [0.717, 1.165) is 0 Å². The highest BCUT2D eigenvalue weighted by Gasteiger charge is 2.46. The van der Waals surface area contributed by atoms with Gasteiger partial charge in [-0.25, -0.2) is 0 Å². The summed E-state index contributed by atoms with van der Waals surface area (Å²) in [5.41, 5.74) is 0.143. The lowest BCUT2D eigenvalue weighted by Crippen LogP contribution is -2.38. The summed E-state index contributed by atoms with van der Waals surface area (Å²) >= 11 is 22.8. The summed E-state index contributed by atoms with van der Waals surface area (Å²) in [5.74, 6) is 0.376. The number of hydrogen-bond donors (Lipinski definition) is 0. The molecule has 4 nitrogen and oxygen atoms in total. The summed E-state index contributed by atoms with van der Waals surface area (Å²) in [5, 5.41) is 11.4. The Balaban J connectivity index is 2.53. The predicted octanol–water partition coefficient (Wildman–Crippen LogP) is 4.09. The second-order valence-electron chi connectivity index (χ2n) is 3.55. The maximum Gasteiger partial charge on any atom is 0.291 e. The Morgan fingerprint density at radius 1 is 1.33 bits per heavy atom. The minimum atomic E-state index is -1.93. The highest BCUT2D eigenvalue weighted by molar-refractivity contribution is 6.68. The van der Waals surface area contributed by atoms with Crippen LogP contribution in [0.4, 0.5) is 0 Å². The van der Waals surface area contributed by atoms with Crippen LogP contribution in [0.1, 0.15) is 5.56 Å². The van der Waals surface area contributed by atoms with E-state index in [2.05, 4.69) is 0 Å². The normalized spacial score (nSPS) is 18.7. The molecule has 0 bridgehead atoms. The number of rotatable bonds is 1. The predicted molar refractivity (Wildman–Crippen MR) is 71.1 cm³/mol. The van der Waals surface area contributed by atoms with Crippen molar-refractivity contribution in [1.82, 2.24) is 0 Å². The molecule has 0 N–H and O–H groups in total. The Kier molecular flexibility index (Phi) is 3.65. The van der Waals surface area contributed by atoms with Gasteiger partial charge in [-0.15, -0.1) is 0 Å². The molecule has 1 aliphatic heterocycles. The van der Waals surface area contributed by atoms with Gasteiger partial charge in [-0.1, -0.05) is 46.4 Å². The molecule has 0 aromatic heterocycles. The number of alkyl halides is 3. The second-order valence-corrected chi connectivity index (χ2v) is 6.35. The Hall–Kier alpha value is -0.680. The quantitative estimate of drug-likeness (QED) is 0.443. The molecule has 0 saturated carbocycles. The van der Waals surface area contributed by atoms with E-state index in [1.807, 2.05) is 0 Å². The van der Waals surface area contributed by atoms with Crippen LogP contribution in [0.5, 0.6) is 5.75 Å². The first-order valence-corrected chi connectivity index (χ1v) is 6.19. The van der Waals surface area contributed by atoms with E-state index >= 15 is 0 Å². The van der Waals surface area contributed by atoms with Crippen LogP contribution >= 0.6 is 46.4 Å². The molecule has 0 amide bonds. The van der Waals surface area contributed by atoms with Crippen molar-refractivity contribution >= 4 is 52.5 Å². The number of benzene rings is 1. The van der Waals surface area contributed by atoms with Gasteiger partial charge in [-0.05, 0) is 18.2 Å². The van der Waals surface area contributed by atoms with Crippen LogP contribution < -0.4 is 4.74 Å². The fraction of sp³-hybridized carbons (Fsp3) is 0.200. The third-order valence-corrected chi connectivity index (χ3v) is 3.13. The zero-order valence-electron chi connectivity index (χ0n) is 8.57. The Morgan fingerprint density at radius 2 is 2.00 bits per heavy atom. The Labute approximate surface area is 122 Å². The Bertz CT molecular complexity index is 538. The van der Waals surface area contributed by atoms with Gasteiger partial charge in [0.05, 0.1) is 4.92 Å². The van der Waals surface area contributed by atoms with E-state index in [4.69, 9.17) is 51.1 Å². The van der Waals surface area contributed by atoms with Gasteiger partial charge in [-0.2, -0.15) is 0 Å².